The third-order valence-corrected chi connectivity index (χ3v) is 4.81. The predicted molar refractivity (Wildman–Crippen MR) is 70.1 cm³/mol. The molecule has 0 unspecified atom stereocenters. The largest absolute Gasteiger partial charge is 0.411 e. The van der Waals surface area contributed by atoms with Gasteiger partial charge in [0.25, 0.3) is 0 Å². The van der Waals surface area contributed by atoms with Gasteiger partial charge in [-0.1, -0.05) is 35.8 Å². The van der Waals surface area contributed by atoms with E-state index in [-0.39, 0.29) is 11.5 Å². The first-order valence-corrected chi connectivity index (χ1v) is 7.36. The fourth-order valence-electron chi connectivity index (χ4n) is 1.53. The summed E-state index contributed by atoms with van der Waals surface area (Å²) in [6.45, 7) is 0.813. The van der Waals surface area contributed by atoms with E-state index in [1.165, 1.54) is 13.0 Å². The number of hydrogen-bond donors (Lipinski definition) is 2. The van der Waals surface area contributed by atoms with Crippen LogP contribution in [0.15, 0.2) is 29.4 Å². The maximum Gasteiger partial charge on any atom is 0.161 e. The van der Waals surface area contributed by atoms with Crippen LogP contribution in [0, 0.1) is 0 Å². The maximum atomic E-state index is 11.8. The molecule has 1 aromatic carbocycles. The second kappa shape index (κ2) is 6.17. The van der Waals surface area contributed by atoms with Crippen molar-refractivity contribution in [2.24, 2.45) is 5.16 Å². The summed E-state index contributed by atoms with van der Waals surface area (Å²) in [6.07, 6.45) is 0. The van der Waals surface area contributed by atoms with Gasteiger partial charge >= 0.3 is 0 Å². The van der Waals surface area contributed by atoms with E-state index in [0.717, 1.165) is 0 Å². The molecule has 0 aliphatic heterocycles. The molecule has 0 saturated heterocycles. The quantitative estimate of drug-likeness (QED) is 0.486. The molecule has 0 aliphatic rings. The summed E-state index contributed by atoms with van der Waals surface area (Å²) in [4.78, 5) is 0. The first-order valence-electron chi connectivity index (χ1n) is 5.26. The molecule has 1 atom stereocenters. The lowest BCUT2D eigenvalue weighted by atomic mass is 10.1. The van der Waals surface area contributed by atoms with Crippen LogP contribution in [0.5, 0.6) is 0 Å². The molecule has 0 radical (unpaired) electrons. The van der Waals surface area contributed by atoms with Gasteiger partial charge in [0.1, 0.15) is 11.0 Å². The van der Waals surface area contributed by atoms with E-state index in [1.807, 2.05) is 0 Å². The Hall–Kier alpha value is -1.11. The minimum absolute atomic E-state index is 0.109. The van der Waals surface area contributed by atoms with Gasteiger partial charge in [-0.25, -0.2) is 8.42 Å². The Bertz CT molecular complexity index is 542. The van der Waals surface area contributed by atoms with Crippen molar-refractivity contribution in [1.29, 1.82) is 0 Å². The third-order valence-electron chi connectivity index (χ3n) is 2.53. The number of oxime groups is 1. The van der Waals surface area contributed by atoms with Gasteiger partial charge in [-0.15, -0.1) is 0 Å². The number of sulfone groups is 1. The Morgan fingerprint density at radius 2 is 2.17 bits per heavy atom. The molecule has 0 heterocycles. The summed E-state index contributed by atoms with van der Waals surface area (Å²) in [5.74, 6) is -0.155. The second-order valence-corrected chi connectivity index (χ2v) is 6.53. The van der Waals surface area contributed by atoms with Crippen molar-refractivity contribution < 1.29 is 18.7 Å². The number of aliphatic hydroxyl groups is 1. The Morgan fingerprint density at radius 3 is 2.61 bits per heavy atom. The molecular formula is C11H14ClNO4S. The highest BCUT2D eigenvalue weighted by Gasteiger charge is 2.30. The van der Waals surface area contributed by atoms with Crippen molar-refractivity contribution in [2.75, 3.05) is 12.4 Å². The average molecular weight is 292 g/mol. The zero-order valence-corrected chi connectivity index (χ0v) is 11.3. The monoisotopic (exact) mass is 291 g/mol. The molecule has 0 spiro atoms. The van der Waals surface area contributed by atoms with Crippen molar-refractivity contribution in [1.82, 2.24) is 0 Å². The Kier molecular flexibility index (Phi) is 5.13. The van der Waals surface area contributed by atoms with Gasteiger partial charge in [-0.05, 0) is 12.1 Å². The van der Waals surface area contributed by atoms with Crippen LogP contribution in [-0.2, 0) is 9.84 Å². The molecule has 1 rings (SSSR count). The zero-order valence-electron chi connectivity index (χ0n) is 9.75. The highest BCUT2D eigenvalue weighted by Crippen LogP contribution is 2.16. The van der Waals surface area contributed by atoms with E-state index < -0.39 is 21.7 Å². The molecular weight excluding hydrogens is 278 g/mol. The van der Waals surface area contributed by atoms with Gasteiger partial charge in [-0.2, -0.15) is 0 Å². The summed E-state index contributed by atoms with van der Waals surface area (Å²) >= 11 is 5.79. The van der Waals surface area contributed by atoms with Gasteiger partial charge < -0.3 is 10.3 Å². The summed E-state index contributed by atoms with van der Waals surface area (Å²) in [5, 5.41) is 20.4. The van der Waals surface area contributed by atoms with Crippen molar-refractivity contribution in [3.8, 4) is 0 Å². The van der Waals surface area contributed by atoms with E-state index in [1.54, 1.807) is 18.2 Å². The number of benzene rings is 1. The van der Waals surface area contributed by atoms with Crippen LogP contribution in [0.3, 0.4) is 0 Å². The fraction of sp³-hybridized carbons (Fsp3) is 0.364. The molecule has 0 fully saturated rings. The molecule has 7 heteroatoms. The molecule has 0 saturated carbocycles. The maximum absolute atomic E-state index is 11.8. The van der Waals surface area contributed by atoms with E-state index in [2.05, 4.69) is 5.16 Å². The Labute approximate surface area is 111 Å². The van der Waals surface area contributed by atoms with Crippen LogP contribution in [0.2, 0.25) is 5.02 Å². The Balaban J connectivity index is 3.26. The molecule has 2 N–H and O–H groups in total. The SMILES string of the molecule is CCS(=O)(=O)[C@H](CO)/C(=N\O)c1cccc(Cl)c1. The topological polar surface area (TPSA) is 87.0 Å². The number of rotatable bonds is 5. The van der Waals surface area contributed by atoms with Crippen LogP contribution in [0.4, 0.5) is 0 Å². The van der Waals surface area contributed by atoms with Crippen molar-refractivity contribution in [3.63, 3.8) is 0 Å². The molecule has 1 aromatic rings. The summed E-state index contributed by atoms with van der Waals surface area (Å²) in [5.41, 5.74) is 0.253. The number of nitrogens with zero attached hydrogens (tertiary/aromatic N) is 1. The summed E-state index contributed by atoms with van der Waals surface area (Å²) < 4.78 is 23.6. The van der Waals surface area contributed by atoms with Gasteiger partial charge in [0.15, 0.2) is 9.84 Å². The highest BCUT2D eigenvalue weighted by atomic mass is 35.5. The number of hydrogen-bond acceptors (Lipinski definition) is 5. The number of aliphatic hydroxyl groups excluding tert-OH is 1. The standard InChI is InChI=1S/C11H14ClNO4S/c1-2-18(16,17)10(7-14)11(13-15)8-4-3-5-9(12)6-8/h3-6,10,14-15H,2,7H2,1H3/b13-11-/t10-/m1/s1. The van der Waals surface area contributed by atoms with Crippen molar-refractivity contribution in [2.45, 2.75) is 12.2 Å². The van der Waals surface area contributed by atoms with Gasteiger partial charge in [-0.3, -0.25) is 0 Å². The minimum Gasteiger partial charge on any atom is -0.411 e. The number of halogens is 1. The summed E-state index contributed by atoms with van der Waals surface area (Å²) in [6, 6.07) is 6.26. The lowest BCUT2D eigenvalue weighted by Crippen LogP contribution is -2.35. The third kappa shape index (κ3) is 3.22. The van der Waals surface area contributed by atoms with E-state index in [0.29, 0.717) is 10.6 Å². The first-order chi connectivity index (χ1) is 8.46. The Morgan fingerprint density at radius 1 is 1.50 bits per heavy atom. The molecule has 100 valence electrons. The minimum atomic E-state index is -3.57. The van der Waals surface area contributed by atoms with Crippen LogP contribution >= 0.6 is 11.6 Å². The van der Waals surface area contributed by atoms with Gasteiger partial charge in [0.2, 0.25) is 0 Å². The smallest absolute Gasteiger partial charge is 0.161 e. The predicted octanol–water partition coefficient (Wildman–Crippen LogP) is 1.31. The molecule has 0 aromatic heterocycles. The lowest BCUT2D eigenvalue weighted by molar-refractivity contribution is 0.296. The second-order valence-electron chi connectivity index (χ2n) is 3.62. The van der Waals surface area contributed by atoms with Crippen molar-refractivity contribution in [3.05, 3.63) is 34.9 Å². The highest BCUT2D eigenvalue weighted by molar-refractivity contribution is 7.92. The summed E-state index contributed by atoms with van der Waals surface area (Å²) in [7, 11) is -3.57. The van der Waals surface area contributed by atoms with Crippen LogP contribution in [0.1, 0.15) is 12.5 Å². The lowest BCUT2D eigenvalue weighted by Gasteiger charge is -2.15. The molecule has 18 heavy (non-hydrogen) atoms. The van der Waals surface area contributed by atoms with Crippen LogP contribution < -0.4 is 0 Å². The van der Waals surface area contributed by atoms with Crippen LogP contribution in [-0.4, -0.2) is 42.1 Å². The zero-order chi connectivity index (χ0) is 13.8. The van der Waals surface area contributed by atoms with E-state index in [4.69, 9.17) is 16.8 Å². The molecule has 0 aliphatic carbocycles. The normalized spacial score (nSPS) is 14.5. The fourth-order valence-corrected chi connectivity index (χ4v) is 2.87. The van der Waals surface area contributed by atoms with E-state index >= 15 is 0 Å². The first kappa shape index (κ1) is 14.9. The molecule has 5 nitrogen and oxygen atoms in total. The molecule has 0 amide bonds. The van der Waals surface area contributed by atoms with E-state index in [9.17, 15) is 13.5 Å². The van der Waals surface area contributed by atoms with Crippen molar-refractivity contribution >= 4 is 27.1 Å². The molecule has 0 bridgehead atoms. The average Bonchev–Trinajstić information content (AvgIpc) is 2.35. The van der Waals surface area contributed by atoms with Gasteiger partial charge in [0, 0.05) is 16.3 Å². The van der Waals surface area contributed by atoms with Crippen LogP contribution in [0.25, 0.3) is 0 Å². The van der Waals surface area contributed by atoms with Gasteiger partial charge in [0.05, 0.1) is 6.61 Å².